The van der Waals surface area contributed by atoms with Gasteiger partial charge in [0.05, 0.1) is 0 Å². The monoisotopic (exact) mass is 482 g/mol. The molecule has 2 atom stereocenters. The molecule has 0 radical (unpaired) electrons. The molecular weight excluding hydrogens is 451 g/mol. The van der Waals surface area contributed by atoms with Gasteiger partial charge in [0, 0.05) is 63.6 Å². The quantitative estimate of drug-likeness (QED) is 0.702. The standard InChI is InChI=1S/C26H31FN4O4/c27-21-12-20(13-24(14-21)31-22-6-7-23(31)17-30(16-22)25(32)33)15-28-8-10-29(11-9-28)26(34)35-18-19-4-2-1-3-5-19/h1-5,12-14,22-23H,6-11,15-18H2,(H,32,33). The van der Waals surface area contributed by atoms with Crippen molar-refractivity contribution in [2.75, 3.05) is 44.2 Å². The van der Waals surface area contributed by atoms with Crippen LogP contribution in [-0.4, -0.2) is 83.3 Å². The Kier molecular flexibility index (Phi) is 6.77. The van der Waals surface area contributed by atoms with Crippen LogP contribution in [0.15, 0.2) is 48.5 Å². The van der Waals surface area contributed by atoms with Crippen LogP contribution in [0.3, 0.4) is 0 Å². The van der Waals surface area contributed by atoms with Crippen LogP contribution in [0.1, 0.15) is 24.0 Å². The molecule has 3 fully saturated rings. The minimum atomic E-state index is -0.885. The topological polar surface area (TPSA) is 76.6 Å². The number of hydrogen-bond acceptors (Lipinski definition) is 5. The van der Waals surface area contributed by atoms with Gasteiger partial charge in [-0.3, -0.25) is 4.90 Å². The first-order valence-corrected chi connectivity index (χ1v) is 12.2. The average molecular weight is 483 g/mol. The van der Waals surface area contributed by atoms with Gasteiger partial charge in [-0.1, -0.05) is 30.3 Å². The van der Waals surface area contributed by atoms with Crippen LogP contribution in [0.2, 0.25) is 0 Å². The Morgan fingerprint density at radius 3 is 2.26 bits per heavy atom. The lowest BCUT2D eigenvalue weighted by atomic mass is 10.1. The van der Waals surface area contributed by atoms with Gasteiger partial charge in [-0.05, 0) is 42.2 Å². The minimum Gasteiger partial charge on any atom is -0.465 e. The fourth-order valence-electron chi connectivity index (χ4n) is 5.51. The summed E-state index contributed by atoms with van der Waals surface area (Å²) in [6.45, 7) is 4.29. The Labute approximate surface area is 204 Å². The zero-order chi connectivity index (χ0) is 24.4. The second-order valence-electron chi connectivity index (χ2n) is 9.60. The number of carbonyl (C=O) groups excluding carboxylic acids is 1. The summed E-state index contributed by atoms with van der Waals surface area (Å²) < 4.78 is 20.0. The summed E-state index contributed by atoms with van der Waals surface area (Å²) in [6, 6.07) is 15.0. The molecule has 3 aliphatic heterocycles. The molecule has 186 valence electrons. The molecule has 2 amide bonds. The van der Waals surface area contributed by atoms with Gasteiger partial charge in [0.25, 0.3) is 0 Å². The van der Waals surface area contributed by atoms with E-state index in [0.717, 1.165) is 29.7 Å². The van der Waals surface area contributed by atoms with Gasteiger partial charge in [-0.15, -0.1) is 0 Å². The summed E-state index contributed by atoms with van der Waals surface area (Å²) in [7, 11) is 0. The molecule has 2 bridgehead atoms. The average Bonchev–Trinajstić information content (AvgIpc) is 3.12. The highest BCUT2D eigenvalue weighted by atomic mass is 19.1. The number of piperazine rings is 2. The predicted molar refractivity (Wildman–Crippen MR) is 129 cm³/mol. The lowest BCUT2D eigenvalue weighted by Crippen LogP contribution is -2.55. The lowest BCUT2D eigenvalue weighted by Gasteiger charge is -2.41. The van der Waals surface area contributed by atoms with Crippen molar-refractivity contribution < 1.29 is 23.8 Å². The molecule has 0 aromatic heterocycles. The van der Waals surface area contributed by atoms with Crippen molar-refractivity contribution in [2.45, 2.75) is 38.1 Å². The van der Waals surface area contributed by atoms with Crippen molar-refractivity contribution in [3.63, 3.8) is 0 Å². The summed E-state index contributed by atoms with van der Waals surface area (Å²) in [6.07, 6.45) is 0.646. The number of likely N-dealkylation sites (tertiary alicyclic amines) is 1. The Balaban J connectivity index is 1.16. The van der Waals surface area contributed by atoms with E-state index in [-0.39, 0.29) is 30.6 Å². The van der Waals surface area contributed by atoms with E-state index in [1.54, 1.807) is 17.0 Å². The van der Waals surface area contributed by atoms with Gasteiger partial charge in [0.15, 0.2) is 0 Å². The summed E-state index contributed by atoms with van der Waals surface area (Å²) >= 11 is 0. The van der Waals surface area contributed by atoms with Crippen LogP contribution in [0.25, 0.3) is 0 Å². The third-order valence-electron chi connectivity index (χ3n) is 7.23. The first-order chi connectivity index (χ1) is 17.0. The van der Waals surface area contributed by atoms with Crippen molar-refractivity contribution in [1.29, 1.82) is 0 Å². The van der Waals surface area contributed by atoms with E-state index >= 15 is 0 Å². The number of amides is 2. The predicted octanol–water partition coefficient (Wildman–Crippen LogP) is 3.61. The van der Waals surface area contributed by atoms with E-state index in [2.05, 4.69) is 9.80 Å². The van der Waals surface area contributed by atoms with Crippen LogP contribution in [-0.2, 0) is 17.9 Å². The number of halogens is 1. The third kappa shape index (κ3) is 5.35. The van der Waals surface area contributed by atoms with Gasteiger partial charge in [0.2, 0.25) is 0 Å². The fraction of sp³-hybridized carbons (Fsp3) is 0.462. The second kappa shape index (κ2) is 10.1. The molecule has 2 aromatic carbocycles. The zero-order valence-corrected chi connectivity index (χ0v) is 19.7. The van der Waals surface area contributed by atoms with Crippen molar-refractivity contribution in [3.8, 4) is 0 Å². The molecule has 35 heavy (non-hydrogen) atoms. The molecule has 5 rings (SSSR count). The van der Waals surface area contributed by atoms with Gasteiger partial charge >= 0.3 is 12.2 Å². The number of carbonyl (C=O) groups is 2. The van der Waals surface area contributed by atoms with E-state index in [0.29, 0.717) is 45.8 Å². The van der Waals surface area contributed by atoms with E-state index in [1.165, 1.54) is 4.90 Å². The Bertz CT molecular complexity index is 1050. The number of rotatable bonds is 5. The lowest BCUT2D eigenvalue weighted by molar-refractivity contribution is 0.0700. The highest BCUT2D eigenvalue weighted by Crippen LogP contribution is 2.36. The number of fused-ring (bicyclic) bond motifs is 2. The molecule has 8 nitrogen and oxygen atoms in total. The molecule has 2 aromatic rings. The number of nitrogens with zero attached hydrogens (tertiary/aromatic N) is 4. The molecule has 3 heterocycles. The van der Waals surface area contributed by atoms with Gasteiger partial charge < -0.3 is 24.5 Å². The molecule has 2 unspecified atom stereocenters. The summed E-state index contributed by atoms with van der Waals surface area (Å²) in [4.78, 5) is 31.5. The summed E-state index contributed by atoms with van der Waals surface area (Å²) in [5, 5.41) is 9.37. The highest BCUT2D eigenvalue weighted by Gasteiger charge is 2.41. The maximum absolute atomic E-state index is 14.6. The first kappa shape index (κ1) is 23.4. The van der Waals surface area contributed by atoms with Crippen LogP contribution in [0.5, 0.6) is 0 Å². The molecule has 3 saturated heterocycles. The Morgan fingerprint density at radius 2 is 1.60 bits per heavy atom. The molecule has 9 heteroatoms. The smallest absolute Gasteiger partial charge is 0.410 e. The number of ether oxygens (including phenoxy) is 1. The van der Waals surface area contributed by atoms with E-state index in [1.807, 2.05) is 36.4 Å². The van der Waals surface area contributed by atoms with Gasteiger partial charge in [-0.2, -0.15) is 0 Å². The molecule has 0 saturated carbocycles. The number of benzene rings is 2. The van der Waals surface area contributed by atoms with Gasteiger partial charge in [0.1, 0.15) is 12.4 Å². The molecule has 1 N–H and O–H groups in total. The number of hydrogen-bond donors (Lipinski definition) is 1. The Hall–Kier alpha value is -3.33. The third-order valence-corrected chi connectivity index (χ3v) is 7.23. The SMILES string of the molecule is O=C(O)N1CC2CCC(C1)N2c1cc(F)cc(CN2CCN(C(=O)OCc3ccccc3)CC2)c1. The van der Waals surface area contributed by atoms with Crippen LogP contribution < -0.4 is 4.90 Å². The largest absolute Gasteiger partial charge is 0.465 e. The molecule has 0 spiro atoms. The normalized spacial score (nSPS) is 22.4. The number of carboxylic acid groups (broad SMARTS) is 1. The first-order valence-electron chi connectivity index (χ1n) is 12.2. The van der Waals surface area contributed by atoms with E-state index in [4.69, 9.17) is 4.74 Å². The van der Waals surface area contributed by atoms with E-state index in [9.17, 15) is 19.1 Å². The second-order valence-corrected chi connectivity index (χ2v) is 9.60. The van der Waals surface area contributed by atoms with Crippen molar-refractivity contribution in [1.82, 2.24) is 14.7 Å². The molecule has 0 aliphatic carbocycles. The zero-order valence-electron chi connectivity index (χ0n) is 19.7. The summed E-state index contributed by atoms with van der Waals surface area (Å²) in [5.41, 5.74) is 2.68. The maximum atomic E-state index is 14.6. The Morgan fingerprint density at radius 1 is 0.914 bits per heavy atom. The van der Waals surface area contributed by atoms with Crippen LogP contribution >= 0.6 is 0 Å². The highest BCUT2D eigenvalue weighted by molar-refractivity contribution is 5.68. The minimum absolute atomic E-state index is 0.0879. The van der Waals surface area contributed by atoms with Crippen LogP contribution in [0, 0.1) is 5.82 Å². The maximum Gasteiger partial charge on any atom is 0.410 e. The molecular formula is C26H31FN4O4. The molecule has 3 aliphatic rings. The fourth-order valence-corrected chi connectivity index (χ4v) is 5.51. The summed E-state index contributed by atoms with van der Waals surface area (Å²) in [5.74, 6) is -0.277. The van der Waals surface area contributed by atoms with Crippen molar-refractivity contribution >= 4 is 17.9 Å². The van der Waals surface area contributed by atoms with Gasteiger partial charge in [-0.25, -0.2) is 14.0 Å². The van der Waals surface area contributed by atoms with E-state index < -0.39 is 6.09 Å². The van der Waals surface area contributed by atoms with Crippen molar-refractivity contribution in [2.24, 2.45) is 0 Å². The van der Waals surface area contributed by atoms with Crippen molar-refractivity contribution in [3.05, 3.63) is 65.5 Å². The number of anilines is 1. The van der Waals surface area contributed by atoms with Crippen LogP contribution in [0.4, 0.5) is 19.7 Å².